The Labute approximate surface area is 128 Å². The highest BCUT2D eigenvalue weighted by atomic mass is 79.9. The molecule has 0 aliphatic carbocycles. The molecule has 0 fully saturated rings. The average Bonchev–Trinajstić information content (AvgIpc) is 3.18. The number of rotatable bonds is 3. The molecule has 0 spiro atoms. The van der Waals surface area contributed by atoms with Gasteiger partial charge in [0.1, 0.15) is 12.3 Å². The molecule has 1 aliphatic heterocycles. The highest BCUT2D eigenvalue weighted by Gasteiger charge is 2.22. The summed E-state index contributed by atoms with van der Waals surface area (Å²) < 4.78 is 13.6. The third-order valence-electron chi connectivity index (χ3n) is 3.22. The molecule has 1 aromatic carbocycles. The molecular formula is C13H10BrN5O2. The minimum atomic E-state index is 0.417. The lowest BCUT2D eigenvalue weighted by molar-refractivity contribution is 0.355. The monoisotopic (exact) mass is 347 g/mol. The van der Waals surface area contributed by atoms with Crippen molar-refractivity contribution >= 4 is 15.9 Å². The van der Waals surface area contributed by atoms with Gasteiger partial charge in [0.15, 0.2) is 5.82 Å². The van der Waals surface area contributed by atoms with Crippen LogP contribution >= 0.6 is 15.9 Å². The predicted octanol–water partition coefficient (Wildman–Crippen LogP) is 2.07. The van der Waals surface area contributed by atoms with Gasteiger partial charge in [-0.25, -0.2) is 4.68 Å². The van der Waals surface area contributed by atoms with Crippen molar-refractivity contribution in [2.24, 2.45) is 0 Å². The number of nitrogens with zero attached hydrogens (tertiary/aromatic N) is 5. The van der Waals surface area contributed by atoms with E-state index in [9.17, 15) is 0 Å². The van der Waals surface area contributed by atoms with Crippen LogP contribution < -0.4 is 4.74 Å². The normalized spacial score (nSPS) is 13.2. The predicted molar refractivity (Wildman–Crippen MR) is 75.8 cm³/mol. The third-order valence-corrected chi connectivity index (χ3v) is 3.68. The second-order valence-electron chi connectivity index (χ2n) is 4.66. The lowest BCUT2D eigenvalue weighted by atomic mass is 10.1. The SMILES string of the molecule is Brc1cc2c(c(-c3nc(Cn4ccnn4)no3)c1)OCC2. The van der Waals surface area contributed by atoms with Crippen molar-refractivity contribution in [3.8, 4) is 17.2 Å². The molecule has 1 aliphatic rings. The van der Waals surface area contributed by atoms with Crippen LogP contribution in [0.25, 0.3) is 11.5 Å². The van der Waals surface area contributed by atoms with Crippen molar-refractivity contribution < 1.29 is 9.26 Å². The van der Waals surface area contributed by atoms with Crippen LogP contribution in [0.1, 0.15) is 11.4 Å². The third kappa shape index (κ3) is 2.31. The molecule has 3 aromatic rings. The molecular weight excluding hydrogens is 338 g/mol. The Hall–Kier alpha value is -2.22. The lowest BCUT2D eigenvalue weighted by Crippen LogP contribution is -2.02. The lowest BCUT2D eigenvalue weighted by Gasteiger charge is -2.04. The van der Waals surface area contributed by atoms with Crippen molar-refractivity contribution in [2.45, 2.75) is 13.0 Å². The molecule has 0 unspecified atom stereocenters. The van der Waals surface area contributed by atoms with Crippen molar-refractivity contribution in [1.29, 1.82) is 0 Å². The summed E-state index contributed by atoms with van der Waals surface area (Å²) in [4.78, 5) is 4.41. The number of aromatic nitrogens is 5. The van der Waals surface area contributed by atoms with Gasteiger partial charge in [-0.2, -0.15) is 4.98 Å². The largest absolute Gasteiger partial charge is 0.492 e. The summed E-state index contributed by atoms with van der Waals surface area (Å²) in [5.41, 5.74) is 1.96. The van der Waals surface area contributed by atoms with Crippen LogP contribution in [0.5, 0.6) is 5.75 Å². The van der Waals surface area contributed by atoms with Crippen molar-refractivity contribution in [1.82, 2.24) is 25.1 Å². The molecule has 21 heavy (non-hydrogen) atoms. The number of halogens is 1. The molecule has 0 N–H and O–H groups in total. The van der Waals surface area contributed by atoms with Gasteiger partial charge >= 0.3 is 0 Å². The molecule has 0 atom stereocenters. The zero-order valence-corrected chi connectivity index (χ0v) is 12.4. The summed E-state index contributed by atoms with van der Waals surface area (Å²) in [6.07, 6.45) is 4.24. The van der Waals surface area contributed by atoms with Gasteiger partial charge in [0.05, 0.1) is 18.4 Å². The Morgan fingerprint density at radius 3 is 3.14 bits per heavy atom. The first kappa shape index (κ1) is 12.5. The van der Waals surface area contributed by atoms with Crippen molar-refractivity contribution in [2.75, 3.05) is 6.61 Å². The highest BCUT2D eigenvalue weighted by Crippen LogP contribution is 2.38. The van der Waals surface area contributed by atoms with E-state index in [1.54, 1.807) is 17.1 Å². The van der Waals surface area contributed by atoms with E-state index in [4.69, 9.17) is 9.26 Å². The molecule has 0 amide bonds. The van der Waals surface area contributed by atoms with E-state index in [2.05, 4.69) is 42.4 Å². The van der Waals surface area contributed by atoms with Crippen molar-refractivity contribution in [3.63, 3.8) is 0 Å². The number of benzene rings is 1. The topological polar surface area (TPSA) is 78.9 Å². The molecule has 3 heterocycles. The maximum absolute atomic E-state index is 5.68. The summed E-state index contributed by atoms with van der Waals surface area (Å²) in [5, 5.41) is 11.6. The second-order valence-corrected chi connectivity index (χ2v) is 5.57. The average molecular weight is 348 g/mol. The Kier molecular flexibility index (Phi) is 2.95. The van der Waals surface area contributed by atoms with Crippen LogP contribution in [0.4, 0.5) is 0 Å². The quantitative estimate of drug-likeness (QED) is 0.721. The van der Waals surface area contributed by atoms with Gasteiger partial charge in [-0.15, -0.1) is 5.10 Å². The van der Waals surface area contributed by atoms with E-state index >= 15 is 0 Å². The fourth-order valence-corrected chi connectivity index (χ4v) is 2.82. The number of hydrogen-bond acceptors (Lipinski definition) is 6. The van der Waals surface area contributed by atoms with Gasteiger partial charge in [0, 0.05) is 17.1 Å². The van der Waals surface area contributed by atoms with Crippen LogP contribution in [0.2, 0.25) is 0 Å². The summed E-state index contributed by atoms with van der Waals surface area (Å²) in [7, 11) is 0. The van der Waals surface area contributed by atoms with E-state index in [0.29, 0.717) is 24.9 Å². The maximum atomic E-state index is 5.68. The second kappa shape index (κ2) is 4.96. The van der Waals surface area contributed by atoms with Crippen LogP contribution in [0.15, 0.2) is 33.5 Å². The first-order valence-electron chi connectivity index (χ1n) is 6.42. The van der Waals surface area contributed by atoms with Crippen molar-refractivity contribution in [3.05, 3.63) is 40.4 Å². The molecule has 106 valence electrons. The summed E-state index contributed by atoms with van der Waals surface area (Å²) >= 11 is 3.50. The molecule has 0 bridgehead atoms. The molecule has 0 saturated heterocycles. The number of fused-ring (bicyclic) bond motifs is 1. The van der Waals surface area contributed by atoms with Gasteiger partial charge in [-0.05, 0) is 17.7 Å². The molecule has 4 rings (SSSR count). The van der Waals surface area contributed by atoms with Crippen LogP contribution in [-0.4, -0.2) is 31.7 Å². The minimum absolute atomic E-state index is 0.417. The standard InChI is InChI=1S/C13H10BrN5O2/c14-9-5-8-1-4-20-12(8)10(6-9)13-16-11(17-21-13)7-19-3-2-15-18-19/h2-3,5-6H,1,4,7H2. The van der Waals surface area contributed by atoms with Gasteiger partial charge in [-0.3, -0.25) is 0 Å². The van der Waals surface area contributed by atoms with E-state index in [1.807, 2.05) is 6.07 Å². The van der Waals surface area contributed by atoms with E-state index < -0.39 is 0 Å². The minimum Gasteiger partial charge on any atom is -0.492 e. The zero-order chi connectivity index (χ0) is 14.2. The number of hydrogen-bond donors (Lipinski definition) is 0. The number of ether oxygens (including phenoxy) is 1. The molecule has 8 heteroatoms. The van der Waals surface area contributed by atoms with Crippen LogP contribution in [-0.2, 0) is 13.0 Å². The highest BCUT2D eigenvalue weighted by molar-refractivity contribution is 9.10. The smallest absolute Gasteiger partial charge is 0.261 e. The van der Waals surface area contributed by atoms with E-state index in [-0.39, 0.29) is 0 Å². The Morgan fingerprint density at radius 2 is 2.29 bits per heavy atom. The Balaban J connectivity index is 1.70. The first-order chi connectivity index (χ1) is 10.3. The summed E-state index contributed by atoms with van der Waals surface area (Å²) in [5.74, 6) is 1.82. The maximum Gasteiger partial charge on any atom is 0.261 e. The van der Waals surface area contributed by atoms with Gasteiger partial charge in [0.2, 0.25) is 0 Å². The van der Waals surface area contributed by atoms with E-state index in [0.717, 1.165) is 27.8 Å². The van der Waals surface area contributed by atoms with Gasteiger partial charge < -0.3 is 9.26 Å². The molecule has 0 radical (unpaired) electrons. The van der Waals surface area contributed by atoms with Crippen LogP contribution in [0.3, 0.4) is 0 Å². The van der Waals surface area contributed by atoms with E-state index in [1.165, 1.54) is 0 Å². The van der Waals surface area contributed by atoms with Gasteiger partial charge in [-0.1, -0.05) is 26.3 Å². The fourth-order valence-electron chi connectivity index (χ4n) is 2.32. The zero-order valence-electron chi connectivity index (χ0n) is 10.9. The molecule has 0 saturated carbocycles. The summed E-state index contributed by atoms with van der Waals surface area (Å²) in [6, 6.07) is 3.98. The van der Waals surface area contributed by atoms with Crippen LogP contribution in [0, 0.1) is 0 Å². The molecule has 7 nitrogen and oxygen atoms in total. The Bertz CT molecular complexity index is 784. The first-order valence-corrected chi connectivity index (χ1v) is 7.21. The fraction of sp³-hybridized carbons (Fsp3) is 0.231. The Morgan fingerprint density at radius 1 is 1.33 bits per heavy atom. The summed E-state index contributed by atoms with van der Waals surface area (Å²) in [6.45, 7) is 1.10. The van der Waals surface area contributed by atoms with Gasteiger partial charge in [0.25, 0.3) is 5.89 Å². The molecule has 2 aromatic heterocycles.